The van der Waals surface area contributed by atoms with Gasteiger partial charge in [0, 0.05) is 18.1 Å². The third kappa shape index (κ3) is 2.28. The molecule has 0 atom stereocenters. The summed E-state index contributed by atoms with van der Waals surface area (Å²) in [7, 11) is 2.02. The van der Waals surface area contributed by atoms with Crippen LogP contribution in [0.1, 0.15) is 13.8 Å². The first-order valence-corrected chi connectivity index (χ1v) is 4.68. The van der Waals surface area contributed by atoms with Gasteiger partial charge in [0.1, 0.15) is 0 Å². The lowest BCUT2D eigenvalue weighted by Crippen LogP contribution is -2.26. The number of halogens is 1. The Balaban J connectivity index is 3.01. The summed E-state index contributed by atoms with van der Waals surface area (Å²) >= 11 is 5.80. The van der Waals surface area contributed by atoms with Crippen LogP contribution in [-0.2, 0) is 0 Å². The number of nitrogens with two attached hydrogens (primary N) is 1. The highest BCUT2D eigenvalue weighted by molar-refractivity contribution is 6.31. The molecule has 1 aromatic rings. The minimum Gasteiger partial charge on any atom is -0.397 e. The second-order valence-corrected chi connectivity index (χ2v) is 3.84. The van der Waals surface area contributed by atoms with E-state index in [4.69, 9.17) is 17.3 Å². The number of rotatable bonds is 2. The lowest BCUT2D eigenvalue weighted by Gasteiger charge is -2.25. The number of benzene rings is 1. The van der Waals surface area contributed by atoms with E-state index in [1.165, 1.54) is 0 Å². The fraction of sp³-hybridized carbons (Fsp3) is 0.400. The molecule has 0 aliphatic rings. The summed E-state index contributed by atoms with van der Waals surface area (Å²) in [5.41, 5.74) is 7.59. The van der Waals surface area contributed by atoms with Crippen LogP contribution in [0.15, 0.2) is 18.2 Å². The highest BCUT2D eigenvalue weighted by atomic mass is 35.5. The minimum atomic E-state index is 0.434. The smallest absolute Gasteiger partial charge is 0.0600 e. The molecule has 0 aromatic heterocycles. The van der Waals surface area contributed by atoms with Gasteiger partial charge in [0.15, 0.2) is 0 Å². The number of anilines is 2. The van der Waals surface area contributed by atoms with Gasteiger partial charge in [-0.15, -0.1) is 0 Å². The summed E-state index contributed by atoms with van der Waals surface area (Å²) in [5.74, 6) is 0. The molecular weight excluding hydrogens is 184 g/mol. The molecule has 1 aromatic carbocycles. The van der Waals surface area contributed by atoms with Gasteiger partial charge < -0.3 is 10.6 Å². The lowest BCUT2D eigenvalue weighted by molar-refractivity contribution is 0.756. The number of nitrogens with zero attached hydrogens (tertiary/aromatic N) is 1. The molecule has 2 N–H and O–H groups in total. The van der Waals surface area contributed by atoms with Gasteiger partial charge in [-0.1, -0.05) is 11.6 Å². The second-order valence-electron chi connectivity index (χ2n) is 3.41. The Morgan fingerprint density at radius 3 is 2.46 bits per heavy atom. The molecule has 3 heteroatoms. The first-order chi connectivity index (χ1) is 6.02. The van der Waals surface area contributed by atoms with Crippen molar-refractivity contribution in [1.29, 1.82) is 0 Å². The Kier molecular flexibility index (Phi) is 3.04. The Morgan fingerprint density at radius 1 is 1.38 bits per heavy atom. The molecule has 0 radical (unpaired) electrons. The van der Waals surface area contributed by atoms with Crippen LogP contribution >= 0.6 is 11.6 Å². The maximum Gasteiger partial charge on any atom is 0.0600 e. The van der Waals surface area contributed by atoms with Crippen LogP contribution in [0, 0.1) is 0 Å². The molecule has 0 aliphatic heterocycles. The van der Waals surface area contributed by atoms with Crippen molar-refractivity contribution in [2.75, 3.05) is 17.7 Å². The van der Waals surface area contributed by atoms with Crippen LogP contribution < -0.4 is 10.6 Å². The molecule has 0 saturated heterocycles. The van der Waals surface area contributed by atoms with Crippen molar-refractivity contribution in [3.63, 3.8) is 0 Å². The Morgan fingerprint density at radius 2 is 2.00 bits per heavy atom. The normalized spacial score (nSPS) is 10.5. The lowest BCUT2D eigenvalue weighted by atomic mass is 10.2. The van der Waals surface area contributed by atoms with Crippen LogP contribution in [0.2, 0.25) is 5.02 Å². The van der Waals surface area contributed by atoms with Gasteiger partial charge in [0.05, 0.1) is 11.4 Å². The van der Waals surface area contributed by atoms with Crippen molar-refractivity contribution < 1.29 is 0 Å². The van der Waals surface area contributed by atoms with E-state index in [2.05, 4.69) is 18.7 Å². The minimum absolute atomic E-state index is 0.434. The highest BCUT2D eigenvalue weighted by Crippen LogP contribution is 2.26. The third-order valence-corrected chi connectivity index (χ3v) is 2.38. The zero-order valence-corrected chi connectivity index (χ0v) is 8.97. The molecule has 0 amide bonds. The van der Waals surface area contributed by atoms with E-state index >= 15 is 0 Å². The van der Waals surface area contributed by atoms with Crippen molar-refractivity contribution in [3.05, 3.63) is 23.2 Å². The van der Waals surface area contributed by atoms with Gasteiger partial charge in [0.25, 0.3) is 0 Å². The van der Waals surface area contributed by atoms with E-state index in [1.54, 1.807) is 6.07 Å². The Bertz CT molecular complexity index is 297. The van der Waals surface area contributed by atoms with Gasteiger partial charge in [-0.2, -0.15) is 0 Å². The van der Waals surface area contributed by atoms with Crippen LogP contribution in [0.5, 0.6) is 0 Å². The van der Waals surface area contributed by atoms with Crippen LogP contribution in [0.3, 0.4) is 0 Å². The molecular formula is C10H15ClN2. The predicted molar refractivity (Wildman–Crippen MR) is 59.4 cm³/mol. The topological polar surface area (TPSA) is 29.3 Å². The van der Waals surface area contributed by atoms with E-state index in [1.807, 2.05) is 19.2 Å². The monoisotopic (exact) mass is 198 g/mol. The largest absolute Gasteiger partial charge is 0.397 e. The van der Waals surface area contributed by atoms with Gasteiger partial charge >= 0.3 is 0 Å². The van der Waals surface area contributed by atoms with Crippen molar-refractivity contribution in [2.45, 2.75) is 19.9 Å². The third-order valence-electron chi connectivity index (χ3n) is 2.14. The summed E-state index contributed by atoms with van der Waals surface area (Å²) in [5, 5.41) is 0.679. The van der Waals surface area contributed by atoms with Crippen molar-refractivity contribution >= 4 is 23.0 Å². The molecule has 72 valence electrons. The van der Waals surface area contributed by atoms with E-state index in [0.717, 1.165) is 11.4 Å². The average Bonchev–Trinajstić information content (AvgIpc) is 2.03. The van der Waals surface area contributed by atoms with Crippen LogP contribution in [-0.4, -0.2) is 13.1 Å². The predicted octanol–water partition coefficient (Wildman–Crippen LogP) is 2.77. The summed E-state index contributed by atoms with van der Waals surface area (Å²) in [6.45, 7) is 4.24. The van der Waals surface area contributed by atoms with Gasteiger partial charge in [0.2, 0.25) is 0 Å². The molecule has 0 bridgehead atoms. The molecule has 2 nitrogen and oxygen atoms in total. The molecule has 0 spiro atoms. The first-order valence-electron chi connectivity index (χ1n) is 4.30. The van der Waals surface area contributed by atoms with Gasteiger partial charge in [-0.05, 0) is 32.0 Å². The van der Waals surface area contributed by atoms with Crippen molar-refractivity contribution in [3.8, 4) is 0 Å². The Labute approximate surface area is 84.3 Å². The Hall–Kier alpha value is -0.890. The molecule has 0 saturated carbocycles. The van der Waals surface area contributed by atoms with Gasteiger partial charge in [-0.3, -0.25) is 0 Å². The maximum atomic E-state index is 5.83. The van der Waals surface area contributed by atoms with Crippen molar-refractivity contribution in [2.24, 2.45) is 0 Å². The van der Waals surface area contributed by atoms with E-state index < -0.39 is 0 Å². The highest BCUT2D eigenvalue weighted by Gasteiger charge is 2.07. The molecule has 1 rings (SSSR count). The molecule has 0 fully saturated rings. The number of hydrogen-bond acceptors (Lipinski definition) is 2. The fourth-order valence-corrected chi connectivity index (χ4v) is 1.31. The fourth-order valence-electron chi connectivity index (χ4n) is 1.12. The summed E-state index contributed by atoms with van der Waals surface area (Å²) in [6, 6.07) is 6.00. The van der Waals surface area contributed by atoms with E-state index in [9.17, 15) is 0 Å². The summed E-state index contributed by atoms with van der Waals surface area (Å²) in [4.78, 5) is 2.12. The molecule has 0 aliphatic carbocycles. The van der Waals surface area contributed by atoms with E-state index in [0.29, 0.717) is 11.1 Å². The zero-order chi connectivity index (χ0) is 10.0. The van der Waals surface area contributed by atoms with Crippen LogP contribution in [0.4, 0.5) is 11.4 Å². The molecule has 13 heavy (non-hydrogen) atoms. The molecule has 0 heterocycles. The standard InChI is InChI=1S/C10H15ClN2/c1-7(2)13(3)10-5-4-8(11)6-9(10)12/h4-7H,12H2,1-3H3. The number of nitrogen functional groups attached to an aromatic ring is 1. The zero-order valence-electron chi connectivity index (χ0n) is 8.21. The average molecular weight is 199 g/mol. The SMILES string of the molecule is CC(C)N(C)c1ccc(Cl)cc1N. The summed E-state index contributed by atoms with van der Waals surface area (Å²) in [6.07, 6.45) is 0. The molecule has 0 unspecified atom stereocenters. The quantitative estimate of drug-likeness (QED) is 0.741. The second kappa shape index (κ2) is 3.88. The maximum absolute atomic E-state index is 5.83. The number of hydrogen-bond donors (Lipinski definition) is 1. The van der Waals surface area contributed by atoms with Gasteiger partial charge in [-0.25, -0.2) is 0 Å². The van der Waals surface area contributed by atoms with Crippen LogP contribution in [0.25, 0.3) is 0 Å². The summed E-state index contributed by atoms with van der Waals surface area (Å²) < 4.78 is 0. The first kappa shape index (κ1) is 10.2. The van der Waals surface area contributed by atoms with Crippen molar-refractivity contribution in [1.82, 2.24) is 0 Å². The van der Waals surface area contributed by atoms with E-state index in [-0.39, 0.29) is 0 Å².